The van der Waals surface area contributed by atoms with E-state index in [0.29, 0.717) is 24.4 Å². The van der Waals surface area contributed by atoms with Crippen LogP contribution in [-0.4, -0.2) is 16.1 Å². The summed E-state index contributed by atoms with van der Waals surface area (Å²) in [6, 6.07) is 1.55. The number of hydrogen-bond donors (Lipinski definition) is 2. The number of nitrogens with zero attached hydrogens (tertiary/aromatic N) is 1. The summed E-state index contributed by atoms with van der Waals surface area (Å²) in [5, 5.41) is 11.1. The molecule has 0 fully saturated rings. The molecule has 0 spiro atoms. The quantitative estimate of drug-likeness (QED) is 0.495. The Labute approximate surface area is 74.3 Å². The number of aromatic nitrogens is 1. The van der Waals surface area contributed by atoms with Crippen LogP contribution in [0.25, 0.3) is 0 Å². The van der Waals surface area contributed by atoms with E-state index in [9.17, 15) is 4.79 Å². The Morgan fingerprint density at radius 3 is 3.15 bits per heavy atom. The second kappa shape index (κ2) is 3.02. The fourth-order valence-electron chi connectivity index (χ4n) is 1.34. The smallest absolute Gasteiger partial charge is 0.225 e. The average molecular weight is 180 g/mol. The highest BCUT2D eigenvalue weighted by molar-refractivity contribution is 5.93. The zero-order valence-electron chi connectivity index (χ0n) is 6.78. The Balaban J connectivity index is 2.45. The second-order valence-corrected chi connectivity index (χ2v) is 2.78. The van der Waals surface area contributed by atoms with E-state index in [2.05, 4.69) is 15.2 Å². The summed E-state index contributed by atoms with van der Waals surface area (Å²) in [6.45, 7) is 0. The fourth-order valence-corrected chi connectivity index (χ4v) is 1.34. The Kier molecular flexibility index (Phi) is 1.86. The minimum absolute atomic E-state index is 0.0601. The van der Waals surface area contributed by atoms with Crippen LogP contribution in [0.2, 0.25) is 0 Å². The molecule has 2 heterocycles. The van der Waals surface area contributed by atoms with Gasteiger partial charge in [0.15, 0.2) is 5.75 Å². The third-order valence-electron chi connectivity index (χ3n) is 1.97. The molecule has 0 saturated carbocycles. The minimum Gasteiger partial charge on any atom is -0.340 e. The van der Waals surface area contributed by atoms with Crippen molar-refractivity contribution in [1.82, 2.24) is 4.98 Å². The highest BCUT2D eigenvalue weighted by atomic mass is 17.1. The lowest BCUT2D eigenvalue weighted by molar-refractivity contribution is -0.138. The van der Waals surface area contributed by atoms with Gasteiger partial charge in [-0.05, 0) is 6.42 Å². The predicted molar refractivity (Wildman–Crippen MR) is 44.4 cm³/mol. The summed E-state index contributed by atoms with van der Waals surface area (Å²) in [5.41, 5.74) is 0.740. The zero-order chi connectivity index (χ0) is 9.26. The summed E-state index contributed by atoms with van der Waals surface area (Å²) >= 11 is 0. The van der Waals surface area contributed by atoms with Gasteiger partial charge in [-0.1, -0.05) is 0 Å². The largest absolute Gasteiger partial charge is 0.340 e. The molecule has 1 amide bonds. The van der Waals surface area contributed by atoms with Crippen molar-refractivity contribution in [2.45, 2.75) is 12.8 Å². The fraction of sp³-hybridized carbons (Fsp3) is 0.250. The van der Waals surface area contributed by atoms with Crippen molar-refractivity contribution in [2.24, 2.45) is 0 Å². The Morgan fingerprint density at radius 1 is 1.54 bits per heavy atom. The standard InChI is InChI=1S/C8H8N2O3/c11-7-2-1-5-6(13-12)3-4-9-8(5)10-7/h3-4,12H,1-2H2,(H,9,10,11). The zero-order valence-corrected chi connectivity index (χ0v) is 6.78. The van der Waals surface area contributed by atoms with Gasteiger partial charge in [-0.3, -0.25) is 4.79 Å². The van der Waals surface area contributed by atoms with Crippen molar-refractivity contribution in [3.8, 4) is 5.75 Å². The second-order valence-electron chi connectivity index (χ2n) is 2.78. The molecule has 5 heteroatoms. The van der Waals surface area contributed by atoms with E-state index in [-0.39, 0.29) is 5.91 Å². The molecule has 1 aromatic rings. The number of rotatable bonds is 1. The number of hydrogen-bond acceptors (Lipinski definition) is 4. The van der Waals surface area contributed by atoms with Crippen molar-refractivity contribution in [1.29, 1.82) is 0 Å². The molecule has 2 rings (SSSR count). The van der Waals surface area contributed by atoms with Gasteiger partial charge in [-0.25, -0.2) is 10.2 Å². The average Bonchev–Trinajstić information content (AvgIpc) is 2.16. The number of carbonyl (C=O) groups excluding carboxylic acids is 1. The first-order valence-electron chi connectivity index (χ1n) is 3.90. The summed E-state index contributed by atoms with van der Waals surface area (Å²) < 4.78 is 0. The van der Waals surface area contributed by atoms with Gasteiger partial charge in [0.25, 0.3) is 0 Å². The monoisotopic (exact) mass is 180 g/mol. The van der Waals surface area contributed by atoms with E-state index in [4.69, 9.17) is 5.26 Å². The van der Waals surface area contributed by atoms with E-state index in [1.54, 1.807) is 6.07 Å². The summed E-state index contributed by atoms with van der Waals surface area (Å²) in [7, 11) is 0. The molecule has 2 N–H and O–H groups in total. The maximum atomic E-state index is 11.0. The molecule has 1 aromatic heterocycles. The SMILES string of the molecule is O=C1CCc2c(OO)ccnc2N1. The summed E-state index contributed by atoms with van der Waals surface area (Å²) in [6.07, 6.45) is 2.41. The van der Waals surface area contributed by atoms with Gasteiger partial charge < -0.3 is 10.2 Å². The molecule has 0 aromatic carbocycles. The van der Waals surface area contributed by atoms with E-state index >= 15 is 0 Å². The first-order valence-corrected chi connectivity index (χ1v) is 3.90. The number of nitrogens with one attached hydrogen (secondary N) is 1. The summed E-state index contributed by atoms with van der Waals surface area (Å²) in [5.74, 6) is 0.767. The molecule has 68 valence electrons. The van der Waals surface area contributed by atoms with Gasteiger partial charge in [0, 0.05) is 24.2 Å². The lowest BCUT2D eigenvalue weighted by atomic mass is 10.1. The van der Waals surface area contributed by atoms with Crippen molar-refractivity contribution < 1.29 is 14.9 Å². The van der Waals surface area contributed by atoms with Crippen LogP contribution in [0.1, 0.15) is 12.0 Å². The summed E-state index contributed by atoms with van der Waals surface area (Å²) in [4.78, 5) is 19.1. The van der Waals surface area contributed by atoms with Gasteiger partial charge in [-0.15, -0.1) is 0 Å². The van der Waals surface area contributed by atoms with Crippen molar-refractivity contribution in [3.63, 3.8) is 0 Å². The molecule has 0 aliphatic carbocycles. The van der Waals surface area contributed by atoms with Gasteiger partial charge >= 0.3 is 0 Å². The molecule has 0 atom stereocenters. The molecule has 1 aliphatic heterocycles. The molecule has 0 saturated heterocycles. The van der Waals surface area contributed by atoms with Crippen molar-refractivity contribution in [2.75, 3.05) is 5.32 Å². The van der Waals surface area contributed by atoms with Crippen LogP contribution in [0, 0.1) is 0 Å². The van der Waals surface area contributed by atoms with Crippen molar-refractivity contribution >= 4 is 11.7 Å². The normalized spacial score (nSPS) is 14.7. The van der Waals surface area contributed by atoms with Crippen LogP contribution in [-0.2, 0) is 11.2 Å². The Hall–Kier alpha value is -1.62. The van der Waals surface area contributed by atoms with Crippen molar-refractivity contribution in [3.05, 3.63) is 17.8 Å². The van der Waals surface area contributed by atoms with E-state index < -0.39 is 0 Å². The maximum Gasteiger partial charge on any atom is 0.225 e. The predicted octanol–water partition coefficient (Wildman–Crippen LogP) is 0.818. The molecule has 13 heavy (non-hydrogen) atoms. The Morgan fingerprint density at radius 2 is 2.38 bits per heavy atom. The Bertz CT molecular complexity index is 351. The number of anilines is 1. The third-order valence-corrected chi connectivity index (χ3v) is 1.97. The molecular formula is C8H8N2O3. The first-order chi connectivity index (χ1) is 6.31. The van der Waals surface area contributed by atoms with Gasteiger partial charge in [-0.2, -0.15) is 0 Å². The maximum absolute atomic E-state index is 11.0. The number of fused-ring (bicyclic) bond motifs is 1. The van der Waals surface area contributed by atoms with E-state index in [1.165, 1.54) is 6.20 Å². The van der Waals surface area contributed by atoms with Crippen LogP contribution in [0.15, 0.2) is 12.3 Å². The van der Waals surface area contributed by atoms with Gasteiger partial charge in [0.05, 0.1) is 0 Å². The van der Waals surface area contributed by atoms with Gasteiger partial charge in [0.1, 0.15) is 5.82 Å². The highest BCUT2D eigenvalue weighted by Gasteiger charge is 2.19. The van der Waals surface area contributed by atoms with Crippen LogP contribution in [0.5, 0.6) is 5.75 Å². The number of amides is 1. The molecule has 0 radical (unpaired) electrons. The molecule has 1 aliphatic rings. The van der Waals surface area contributed by atoms with E-state index in [0.717, 1.165) is 5.56 Å². The minimum atomic E-state index is -0.0601. The third kappa shape index (κ3) is 1.33. The molecular weight excluding hydrogens is 172 g/mol. The highest BCUT2D eigenvalue weighted by Crippen LogP contribution is 2.28. The molecule has 5 nitrogen and oxygen atoms in total. The van der Waals surface area contributed by atoms with Gasteiger partial charge in [0.2, 0.25) is 5.91 Å². The lowest BCUT2D eigenvalue weighted by Crippen LogP contribution is -2.20. The topological polar surface area (TPSA) is 71.5 Å². The van der Waals surface area contributed by atoms with Crippen LogP contribution in [0.3, 0.4) is 0 Å². The van der Waals surface area contributed by atoms with Crippen LogP contribution in [0.4, 0.5) is 5.82 Å². The van der Waals surface area contributed by atoms with Crippen LogP contribution >= 0.6 is 0 Å². The lowest BCUT2D eigenvalue weighted by Gasteiger charge is -2.16. The number of carbonyl (C=O) groups is 1. The number of pyridine rings is 1. The first kappa shape index (κ1) is 8.00. The molecule has 0 unspecified atom stereocenters. The van der Waals surface area contributed by atoms with E-state index in [1.807, 2.05) is 0 Å². The molecule has 0 bridgehead atoms. The van der Waals surface area contributed by atoms with Crippen LogP contribution < -0.4 is 10.2 Å².